The highest BCUT2D eigenvalue weighted by atomic mass is 35.5. The first-order valence-corrected chi connectivity index (χ1v) is 6.54. The van der Waals surface area contributed by atoms with E-state index in [4.69, 9.17) is 34.8 Å². The van der Waals surface area contributed by atoms with Gasteiger partial charge < -0.3 is 0 Å². The molecular weight excluding hydrogens is 350 g/mol. The Labute approximate surface area is 132 Å². The molecule has 0 aliphatic heterocycles. The van der Waals surface area contributed by atoms with Gasteiger partial charge in [-0.1, -0.05) is 34.8 Å². The lowest BCUT2D eigenvalue weighted by Gasteiger charge is -2.11. The second kappa shape index (κ2) is 5.83. The smallest absolute Gasteiger partial charge is 0.298 e. The number of aldehydes is 1. The third-order valence-corrected chi connectivity index (χ3v) is 3.83. The van der Waals surface area contributed by atoms with Crippen LogP contribution in [-0.2, 0) is 6.18 Å². The molecule has 0 amide bonds. The molecule has 0 aliphatic carbocycles. The molecule has 0 spiro atoms. The van der Waals surface area contributed by atoms with E-state index in [0.29, 0.717) is 17.8 Å². The molecule has 0 saturated carbocycles. The van der Waals surface area contributed by atoms with Gasteiger partial charge in [-0.15, -0.1) is 0 Å². The molecule has 2 rings (SSSR count). The van der Waals surface area contributed by atoms with Gasteiger partial charge in [0.2, 0.25) is 0 Å². The van der Waals surface area contributed by atoms with Crippen LogP contribution in [-0.4, -0.2) is 11.3 Å². The summed E-state index contributed by atoms with van der Waals surface area (Å²) >= 11 is 17.5. The first kappa shape index (κ1) is 16.1. The second-order valence-corrected chi connectivity index (χ2v) is 5.22. The van der Waals surface area contributed by atoms with Crippen LogP contribution >= 0.6 is 34.8 Å². The Hall–Kier alpha value is -1.30. The van der Waals surface area contributed by atoms with Gasteiger partial charge in [0, 0.05) is 17.3 Å². The number of halogens is 6. The molecule has 0 radical (unpaired) electrons. The maximum atomic E-state index is 12.6. The minimum atomic E-state index is -4.58. The molecule has 1 heterocycles. The van der Waals surface area contributed by atoms with Crippen molar-refractivity contribution in [2.45, 2.75) is 6.18 Å². The summed E-state index contributed by atoms with van der Waals surface area (Å²) in [6.07, 6.45) is -3.66. The summed E-state index contributed by atoms with van der Waals surface area (Å²) < 4.78 is 37.8. The Morgan fingerprint density at radius 3 is 2.10 bits per heavy atom. The Morgan fingerprint density at radius 2 is 1.62 bits per heavy atom. The summed E-state index contributed by atoms with van der Waals surface area (Å²) in [5.41, 5.74) is -0.900. The van der Waals surface area contributed by atoms with Crippen molar-refractivity contribution in [2.24, 2.45) is 0 Å². The Bertz CT molecular complexity index is 693. The van der Waals surface area contributed by atoms with Gasteiger partial charge >= 0.3 is 6.18 Å². The van der Waals surface area contributed by atoms with E-state index in [2.05, 4.69) is 4.98 Å². The number of benzene rings is 1. The molecule has 1 aromatic carbocycles. The van der Waals surface area contributed by atoms with Crippen molar-refractivity contribution >= 4 is 41.1 Å². The highest BCUT2D eigenvalue weighted by Gasteiger charge is 2.31. The molecule has 21 heavy (non-hydrogen) atoms. The average molecular weight is 355 g/mol. The Balaban J connectivity index is 2.62. The van der Waals surface area contributed by atoms with Crippen molar-refractivity contribution in [3.63, 3.8) is 0 Å². The maximum absolute atomic E-state index is 12.6. The molecule has 8 heteroatoms. The molecule has 0 bridgehead atoms. The van der Waals surface area contributed by atoms with Gasteiger partial charge in [0.05, 0.1) is 26.3 Å². The number of pyridine rings is 1. The van der Waals surface area contributed by atoms with E-state index in [-0.39, 0.29) is 32.6 Å². The van der Waals surface area contributed by atoms with Crippen LogP contribution in [0.4, 0.5) is 13.2 Å². The number of rotatable bonds is 2. The molecule has 1 aromatic heterocycles. The van der Waals surface area contributed by atoms with Crippen LogP contribution in [0, 0.1) is 0 Å². The van der Waals surface area contributed by atoms with Crippen molar-refractivity contribution in [3.8, 4) is 11.3 Å². The lowest BCUT2D eigenvalue weighted by atomic mass is 10.0. The van der Waals surface area contributed by atoms with Crippen LogP contribution < -0.4 is 0 Å². The zero-order valence-corrected chi connectivity index (χ0v) is 12.3. The predicted octanol–water partition coefficient (Wildman–Crippen LogP) is 5.54. The van der Waals surface area contributed by atoms with Crippen LogP contribution in [0.1, 0.15) is 15.9 Å². The number of carbonyl (C=O) groups is 1. The largest absolute Gasteiger partial charge is 0.417 e. The Morgan fingerprint density at radius 1 is 1.05 bits per heavy atom. The van der Waals surface area contributed by atoms with E-state index in [1.807, 2.05) is 0 Å². The molecule has 2 nitrogen and oxygen atoms in total. The van der Waals surface area contributed by atoms with Gasteiger partial charge in [-0.05, 0) is 18.2 Å². The molecule has 0 N–H and O–H groups in total. The highest BCUT2D eigenvalue weighted by molar-refractivity contribution is 6.48. The molecule has 0 atom stereocenters. The zero-order valence-electron chi connectivity index (χ0n) is 10.0. The lowest BCUT2D eigenvalue weighted by Crippen LogP contribution is -2.07. The summed E-state index contributed by atoms with van der Waals surface area (Å²) in [6, 6.07) is 3.46. The van der Waals surface area contributed by atoms with Crippen molar-refractivity contribution in [3.05, 3.63) is 50.6 Å². The van der Waals surface area contributed by atoms with Gasteiger partial charge in [0.1, 0.15) is 0 Å². The van der Waals surface area contributed by atoms with Crippen molar-refractivity contribution in [1.29, 1.82) is 0 Å². The summed E-state index contributed by atoms with van der Waals surface area (Å²) in [6.45, 7) is 0. The summed E-state index contributed by atoms with van der Waals surface area (Å²) in [5.74, 6) is 0. The van der Waals surface area contributed by atoms with Crippen molar-refractivity contribution in [2.75, 3.05) is 0 Å². The van der Waals surface area contributed by atoms with E-state index in [1.165, 1.54) is 12.1 Å². The number of hydrogen-bond acceptors (Lipinski definition) is 2. The first-order chi connectivity index (χ1) is 9.74. The second-order valence-electron chi connectivity index (χ2n) is 4.03. The number of alkyl halides is 3. The van der Waals surface area contributed by atoms with Gasteiger partial charge in [-0.2, -0.15) is 13.2 Å². The minimum Gasteiger partial charge on any atom is -0.298 e. The number of carbonyl (C=O) groups excluding carboxylic acids is 1. The van der Waals surface area contributed by atoms with E-state index < -0.39 is 11.7 Å². The minimum absolute atomic E-state index is 0.0402. The fourth-order valence-electron chi connectivity index (χ4n) is 1.66. The monoisotopic (exact) mass is 353 g/mol. The summed E-state index contributed by atoms with van der Waals surface area (Å²) in [5, 5.41) is 0.331. The van der Waals surface area contributed by atoms with E-state index in [9.17, 15) is 18.0 Å². The topological polar surface area (TPSA) is 30.0 Å². The number of aromatic nitrogens is 1. The van der Waals surface area contributed by atoms with E-state index in [0.717, 1.165) is 0 Å². The first-order valence-electron chi connectivity index (χ1n) is 5.41. The lowest BCUT2D eigenvalue weighted by molar-refractivity contribution is -0.137. The van der Waals surface area contributed by atoms with E-state index >= 15 is 0 Å². The quantitative estimate of drug-likeness (QED) is 0.523. The van der Waals surface area contributed by atoms with Crippen LogP contribution in [0.5, 0.6) is 0 Å². The Kier molecular flexibility index (Phi) is 4.46. The third-order valence-electron chi connectivity index (χ3n) is 2.63. The van der Waals surface area contributed by atoms with Crippen LogP contribution in [0.15, 0.2) is 24.4 Å². The predicted molar refractivity (Wildman–Crippen MR) is 75.1 cm³/mol. The highest BCUT2D eigenvalue weighted by Crippen LogP contribution is 2.36. The molecular formula is C13H5Cl3F3NO. The standard InChI is InChI=1S/C13H5Cl3F3NO/c14-9-2-6(3-10(15)11(9)16)12-7(5-21)1-8(4-20-12)13(17,18)19/h1-5H. The summed E-state index contributed by atoms with van der Waals surface area (Å²) in [7, 11) is 0. The molecule has 0 saturated heterocycles. The molecule has 0 aliphatic rings. The zero-order chi connectivity index (χ0) is 15.8. The molecule has 0 unspecified atom stereocenters. The SMILES string of the molecule is O=Cc1cc(C(F)(F)F)cnc1-c1cc(Cl)c(Cl)c(Cl)c1. The average Bonchev–Trinajstić information content (AvgIpc) is 2.42. The van der Waals surface area contributed by atoms with Crippen molar-refractivity contribution < 1.29 is 18.0 Å². The molecule has 2 aromatic rings. The molecule has 0 fully saturated rings. The fraction of sp³-hybridized carbons (Fsp3) is 0.0769. The van der Waals surface area contributed by atoms with Gasteiger partial charge in [0.25, 0.3) is 0 Å². The number of nitrogens with zero attached hydrogens (tertiary/aromatic N) is 1. The van der Waals surface area contributed by atoms with Gasteiger partial charge in [0.15, 0.2) is 6.29 Å². The molecule has 110 valence electrons. The van der Waals surface area contributed by atoms with E-state index in [1.54, 1.807) is 0 Å². The van der Waals surface area contributed by atoms with Gasteiger partial charge in [-0.25, -0.2) is 0 Å². The normalized spacial score (nSPS) is 11.5. The number of hydrogen-bond donors (Lipinski definition) is 0. The fourth-order valence-corrected chi connectivity index (χ4v) is 2.26. The van der Waals surface area contributed by atoms with Crippen LogP contribution in [0.2, 0.25) is 15.1 Å². The van der Waals surface area contributed by atoms with Crippen molar-refractivity contribution in [1.82, 2.24) is 4.98 Å². The van der Waals surface area contributed by atoms with Gasteiger partial charge in [-0.3, -0.25) is 9.78 Å². The van der Waals surface area contributed by atoms with Crippen LogP contribution in [0.25, 0.3) is 11.3 Å². The third kappa shape index (κ3) is 3.31. The van der Waals surface area contributed by atoms with Crippen LogP contribution in [0.3, 0.4) is 0 Å². The maximum Gasteiger partial charge on any atom is 0.417 e. The summed E-state index contributed by atoms with van der Waals surface area (Å²) in [4.78, 5) is 14.7.